The van der Waals surface area contributed by atoms with Gasteiger partial charge in [0.1, 0.15) is 0 Å². The summed E-state index contributed by atoms with van der Waals surface area (Å²) in [6, 6.07) is 0. The van der Waals surface area contributed by atoms with E-state index in [2.05, 4.69) is 30.7 Å². The average Bonchev–Trinajstić information content (AvgIpc) is 2.10. The number of hydrogen-bond donors (Lipinski definition) is 1. The van der Waals surface area contributed by atoms with Gasteiger partial charge in [0.25, 0.3) is 6.08 Å². The number of halogens is 1. The smallest absolute Gasteiger partial charge is 0.286 e. The molecule has 0 saturated carbocycles. The molecular weight excluding hydrogens is 143 g/mol. The minimum atomic E-state index is -0.496. The standard InChI is InChI=1S/C8H13FN2/c1-8(2,3)4-6-5-10-7(9)11-6/h5H,4H2,1-3H3,(H,10,11). The minimum absolute atomic E-state index is 0.180. The summed E-state index contributed by atoms with van der Waals surface area (Å²) in [6.07, 6.45) is 1.87. The highest BCUT2D eigenvalue weighted by Crippen LogP contribution is 2.18. The predicted molar refractivity (Wildman–Crippen MR) is 41.7 cm³/mol. The first-order chi connectivity index (χ1) is 4.97. The van der Waals surface area contributed by atoms with Crippen LogP contribution < -0.4 is 0 Å². The van der Waals surface area contributed by atoms with Crippen LogP contribution in [0.3, 0.4) is 0 Å². The molecule has 1 aromatic heterocycles. The quantitative estimate of drug-likeness (QED) is 0.663. The third kappa shape index (κ3) is 2.70. The van der Waals surface area contributed by atoms with Crippen molar-refractivity contribution in [3.05, 3.63) is 18.0 Å². The number of nitrogens with zero attached hydrogens (tertiary/aromatic N) is 1. The largest absolute Gasteiger partial charge is 0.318 e. The topological polar surface area (TPSA) is 28.7 Å². The molecule has 0 aromatic carbocycles. The van der Waals surface area contributed by atoms with Crippen molar-refractivity contribution in [3.63, 3.8) is 0 Å². The van der Waals surface area contributed by atoms with E-state index in [1.54, 1.807) is 6.20 Å². The van der Waals surface area contributed by atoms with Crippen molar-refractivity contribution in [1.82, 2.24) is 9.97 Å². The highest BCUT2D eigenvalue weighted by atomic mass is 19.1. The summed E-state index contributed by atoms with van der Waals surface area (Å²) in [4.78, 5) is 6.03. The number of imidazole rings is 1. The van der Waals surface area contributed by atoms with E-state index in [1.807, 2.05) is 0 Å². The second kappa shape index (κ2) is 2.64. The summed E-state index contributed by atoms with van der Waals surface area (Å²) in [5.74, 6) is 0. The first-order valence-corrected chi connectivity index (χ1v) is 3.67. The fraction of sp³-hybridized carbons (Fsp3) is 0.625. The van der Waals surface area contributed by atoms with Crippen LogP contribution in [0.2, 0.25) is 0 Å². The Morgan fingerprint density at radius 2 is 2.18 bits per heavy atom. The van der Waals surface area contributed by atoms with Crippen molar-refractivity contribution in [2.24, 2.45) is 5.41 Å². The van der Waals surface area contributed by atoms with Crippen LogP contribution >= 0.6 is 0 Å². The van der Waals surface area contributed by atoms with E-state index in [0.29, 0.717) is 0 Å². The Labute approximate surface area is 65.9 Å². The van der Waals surface area contributed by atoms with Crippen LogP contribution in [0.15, 0.2) is 6.20 Å². The Morgan fingerprint density at radius 3 is 2.55 bits per heavy atom. The van der Waals surface area contributed by atoms with Gasteiger partial charge in [0, 0.05) is 5.69 Å². The number of aromatic nitrogens is 2. The molecule has 0 atom stereocenters. The van der Waals surface area contributed by atoms with Gasteiger partial charge >= 0.3 is 0 Å². The number of aromatic amines is 1. The van der Waals surface area contributed by atoms with Crippen LogP contribution in [0.25, 0.3) is 0 Å². The van der Waals surface area contributed by atoms with E-state index in [4.69, 9.17) is 0 Å². The number of H-pyrrole nitrogens is 1. The molecule has 0 fully saturated rings. The van der Waals surface area contributed by atoms with Gasteiger partial charge in [-0.05, 0) is 11.8 Å². The molecule has 0 aliphatic rings. The Balaban J connectivity index is 2.65. The zero-order chi connectivity index (χ0) is 8.48. The summed E-state index contributed by atoms with van der Waals surface area (Å²) < 4.78 is 12.3. The third-order valence-electron chi connectivity index (χ3n) is 1.32. The fourth-order valence-corrected chi connectivity index (χ4v) is 0.993. The molecule has 1 N–H and O–H groups in total. The molecule has 0 saturated heterocycles. The highest BCUT2D eigenvalue weighted by Gasteiger charge is 2.12. The summed E-state index contributed by atoms with van der Waals surface area (Å²) >= 11 is 0. The van der Waals surface area contributed by atoms with Crippen LogP contribution in [-0.2, 0) is 6.42 Å². The molecule has 0 aliphatic carbocycles. The lowest BCUT2D eigenvalue weighted by atomic mass is 9.91. The number of rotatable bonds is 1. The van der Waals surface area contributed by atoms with E-state index in [0.717, 1.165) is 12.1 Å². The van der Waals surface area contributed by atoms with Crippen LogP contribution in [0.1, 0.15) is 26.5 Å². The Hall–Kier alpha value is -0.860. The molecule has 2 nitrogen and oxygen atoms in total. The normalized spacial score (nSPS) is 12.0. The van der Waals surface area contributed by atoms with Gasteiger partial charge in [-0.1, -0.05) is 20.8 Å². The molecule has 1 heterocycles. The van der Waals surface area contributed by atoms with Crippen molar-refractivity contribution in [3.8, 4) is 0 Å². The molecule has 0 amide bonds. The van der Waals surface area contributed by atoms with Crippen LogP contribution in [0.4, 0.5) is 4.39 Å². The zero-order valence-electron chi connectivity index (χ0n) is 7.11. The molecule has 0 radical (unpaired) electrons. The lowest BCUT2D eigenvalue weighted by Crippen LogP contribution is -2.09. The number of nitrogens with one attached hydrogen (secondary N) is 1. The van der Waals surface area contributed by atoms with E-state index in [9.17, 15) is 4.39 Å². The second-order valence-electron chi connectivity index (χ2n) is 3.94. The lowest BCUT2D eigenvalue weighted by Gasteiger charge is -2.15. The maximum Gasteiger partial charge on any atom is 0.286 e. The van der Waals surface area contributed by atoms with Crippen molar-refractivity contribution in [1.29, 1.82) is 0 Å². The maximum absolute atomic E-state index is 12.3. The lowest BCUT2D eigenvalue weighted by molar-refractivity contribution is 0.405. The predicted octanol–water partition coefficient (Wildman–Crippen LogP) is 2.14. The fourth-order valence-electron chi connectivity index (χ4n) is 0.993. The second-order valence-corrected chi connectivity index (χ2v) is 3.94. The maximum atomic E-state index is 12.3. The molecule has 0 spiro atoms. The number of hydrogen-bond acceptors (Lipinski definition) is 1. The van der Waals surface area contributed by atoms with Gasteiger partial charge in [-0.3, -0.25) is 0 Å². The van der Waals surface area contributed by atoms with Crippen LogP contribution in [-0.4, -0.2) is 9.97 Å². The van der Waals surface area contributed by atoms with E-state index in [1.165, 1.54) is 0 Å². The average molecular weight is 156 g/mol. The molecule has 62 valence electrons. The molecule has 1 rings (SSSR count). The molecule has 3 heteroatoms. The summed E-state index contributed by atoms with van der Waals surface area (Å²) in [5.41, 5.74) is 1.04. The van der Waals surface area contributed by atoms with Gasteiger partial charge in [0.15, 0.2) is 0 Å². The van der Waals surface area contributed by atoms with Gasteiger partial charge in [-0.25, -0.2) is 4.98 Å². The molecule has 0 aliphatic heterocycles. The molecule has 1 aromatic rings. The van der Waals surface area contributed by atoms with Gasteiger partial charge in [-0.15, -0.1) is 0 Å². The Kier molecular flexibility index (Phi) is 1.98. The van der Waals surface area contributed by atoms with E-state index >= 15 is 0 Å². The van der Waals surface area contributed by atoms with E-state index in [-0.39, 0.29) is 5.41 Å². The highest BCUT2D eigenvalue weighted by molar-refractivity contribution is 4.98. The van der Waals surface area contributed by atoms with Crippen molar-refractivity contribution in [2.75, 3.05) is 0 Å². The van der Waals surface area contributed by atoms with Crippen molar-refractivity contribution in [2.45, 2.75) is 27.2 Å². The summed E-state index contributed by atoms with van der Waals surface area (Å²) in [6.45, 7) is 6.31. The van der Waals surface area contributed by atoms with Crippen LogP contribution in [0, 0.1) is 11.5 Å². The molecular formula is C8H13FN2. The van der Waals surface area contributed by atoms with Gasteiger partial charge in [0.2, 0.25) is 0 Å². The first-order valence-electron chi connectivity index (χ1n) is 3.67. The third-order valence-corrected chi connectivity index (χ3v) is 1.32. The van der Waals surface area contributed by atoms with Gasteiger partial charge in [0.05, 0.1) is 6.20 Å². The Morgan fingerprint density at radius 1 is 1.55 bits per heavy atom. The molecule has 11 heavy (non-hydrogen) atoms. The first kappa shape index (κ1) is 8.24. The van der Waals surface area contributed by atoms with Gasteiger partial charge < -0.3 is 4.98 Å². The zero-order valence-corrected chi connectivity index (χ0v) is 7.11. The monoisotopic (exact) mass is 156 g/mol. The van der Waals surface area contributed by atoms with E-state index < -0.39 is 6.08 Å². The van der Waals surface area contributed by atoms with Crippen molar-refractivity contribution >= 4 is 0 Å². The van der Waals surface area contributed by atoms with Crippen LogP contribution in [0.5, 0.6) is 0 Å². The molecule has 0 unspecified atom stereocenters. The summed E-state index contributed by atoms with van der Waals surface area (Å²) in [7, 11) is 0. The SMILES string of the molecule is CC(C)(C)Cc1cnc(F)[nH]1. The Bertz CT molecular complexity index is 234. The van der Waals surface area contributed by atoms with Crippen molar-refractivity contribution < 1.29 is 4.39 Å². The summed E-state index contributed by atoms with van der Waals surface area (Å²) in [5, 5.41) is 0. The minimum Gasteiger partial charge on any atom is -0.318 e. The van der Waals surface area contributed by atoms with Gasteiger partial charge in [-0.2, -0.15) is 4.39 Å². The molecule has 0 bridgehead atoms.